The Morgan fingerprint density at radius 1 is 1.45 bits per heavy atom. The zero-order valence-electron chi connectivity index (χ0n) is 12.3. The molecule has 1 aliphatic carbocycles. The molecule has 1 amide bonds. The van der Waals surface area contributed by atoms with Crippen molar-refractivity contribution in [3.05, 3.63) is 35.4 Å². The van der Waals surface area contributed by atoms with Gasteiger partial charge in [-0.05, 0) is 37.1 Å². The van der Waals surface area contributed by atoms with Crippen LogP contribution in [0.15, 0.2) is 24.3 Å². The minimum absolute atomic E-state index is 0.0424. The summed E-state index contributed by atoms with van der Waals surface area (Å²) >= 11 is 1.81. The summed E-state index contributed by atoms with van der Waals surface area (Å²) in [5.74, 6) is 0.298. The molecule has 1 aliphatic heterocycles. The molecule has 2 aliphatic rings. The molecule has 2 atom stereocenters. The summed E-state index contributed by atoms with van der Waals surface area (Å²) in [6, 6.07) is 8.37. The first kappa shape index (κ1) is 14.0. The fourth-order valence-corrected chi connectivity index (χ4v) is 3.27. The highest BCUT2D eigenvalue weighted by Gasteiger charge is 2.59. The van der Waals surface area contributed by atoms with Crippen LogP contribution in [0.5, 0.6) is 0 Å². The number of nitrogens with one attached hydrogen (secondary N) is 1. The first-order valence-electron chi connectivity index (χ1n) is 7.24. The molecule has 1 spiro atoms. The van der Waals surface area contributed by atoms with E-state index >= 15 is 0 Å². The van der Waals surface area contributed by atoms with Gasteiger partial charge in [-0.2, -0.15) is 11.8 Å². The van der Waals surface area contributed by atoms with Crippen LogP contribution in [0, 0.1) is 6.92 Å². The van der Waals surface area contributed by atoms with Crippen molar-refractivity contribution in [2.24, 2.45) is 0 Å². The van der Waals surface area contributed by atoms with Gasteiger partial charge in [-0.1, -0.05) is 31.2 Å². The van der Waals surface area contributed by atoms with E-state index in [9.17, 15) is 4.79 Å². The number of benzene rings is 1. The van der Waals surface area contributed by atoms with E-state index in [4.69, 9.17) is 0 Å². The fourth-order valence-electron chi connectivity index (χ4n) is 2.96. The average Bonchev–Trinajstić information content (AvgIpc) is 3.18. The van der Waals surface area contributed by atoms with E-state index in [0.29, 0.717) is 11.2 Å². The van der Waals surface area contributed by atoms with Crippen molar-refractivity contribution in [1.29, 1.82) is 0 Å². The Morgan fingerprint density at radius 2 is 2.15 bits per heavy atom. The van der Waals surface area contributed by atoms with Crippen molar-refractivity contribution >= 4 is 17.7 Å². The van der Waals surface area contributed by atoms with Gasteiger partial charge in [0.15, 0.2) is 0 Å². The zero-order valence-corrected chi connectivity index (χ0v) is 13.2. The minimum Gasteiger partial charge on any atom is -0.320 e. The zero-order chi connectivity index (χ0) is 14.3. The molecule has 20 heavy (non-hydrogen) atoms. The lowest BCUT2D eigenvalue weighted by Gasteiger charge is -2.27. The van der Waals surface area contributed by atoms with E-state index < -0.39 is 0 Å². The van der Waals surface area contributed by atoms with E-state index in [1.165, 1.54) is 11.1 Å². The Kier molecular flexibility index (Phi) is 3.55. The smallest absolute Gasteiger partial charge is 0.244 e. The molecule has 1 aromatic carbocycles. The molecule has 108 valence electrons. The summed E-state index contributed by atoms with van der Waals surface area (Å²) < 4.78 is 0. The predicted molar refractivity (Wildman–Crippen MR) is 83.7 cm³/mol. The molecule has 1 aromatic rings. The highest BCUT2D eigenvalue weighted by molar-refractivity contribution is 7.99. The van der Waals surface area contributed by atoms with E-state index in [1.54, 1.807) is 0 Å². The largest absolute Gasteiger partial charge is 0.320 e. The lowest BCUT2D eigenvalue weighted by molar-refractivity contribution is -0.130. The Balaban J connectivity index is 1.91. The maximum absolute atomic E-state index is 12.7. The fraction of sp³-hybridized carbons (Fsp3) is 0.562. The molecule has 0 radical (unpaired) electrons. The van der Waals surface area contributed by atoms with Crippen LogP contribution in [0.25, 0.3) is 0 Å². The molecule has 1 saturated heterocycles. The van der Waals surface area contributed by atoms with Gasteiger partial charge in [0, 0.05) is 11.8 Å². The number of aryl methyl sites for hydroxylation is 1. The number of carbonyl (C=O) groups excluding carboxylic acids is 1. The molecule has 1 heterocycles. The highest BCUT2D eigenvalue weighted by atomic mass is 32.2. The summed E-state index contributed by atoms with van der Waals surface area (Å²) in [7, 11) is 0. The van der Waals surface area contributed by atoms with Crippen molar-refractivity contribution in [1.82, 2.24) is 10.2 Å². The quantitative estimate of drug-likeness (QED) is 0.925. The number of carbonyl (C=O) groups is 1. The molecule has 3 rings (SSSR count). The van der Waals surface area contributed by atoms with Gasteiger partial charge >= 0.3 is 0 Å². The summed E-state index contributed by atoms with van der Waals surface area (Å²) in [6.45, 7) is 5.12. The monoisotopic (exact) mass is 290 g/mol. The topological polar surface area (TPSA) is 32.3 Å². The Hall–Kier alpha value is -1.00. The minimum atomic E-state index is -0.245. The lowest BCUT2D eigenvalue weighted by atomic mass is 10.1. The maximum atomic E-state index is 12.7. The second-order valence-electron chi connectivity index (χ2n) is 5.99. The molecule has 4 heteroatoms. The number of thioether (sulfide) groups is 1. The average molecular weight is 290 g/mol. The van der Waals surface area contributed by atoms with Gasteiger partial charge in [0.05, 0.1) is 0 Å². The number of nitrogens with zero attached hydrogens (tertiary/aromatic N) is 1. The van der Waals surface area contributed by atoms with Crippen LogP contribution in [-0.2, 0) is 4.79 Å². The van der Waals surface area contributed by atoms with Crippen LogP contribution in [0.2, 0.25) is 0 Å². The van der Waals surface area contributed by atoms with Gasteiger partial charge in [0.1, 0.15) is 11.7 Å². The SMILES string of the molecule is CSC(C)CN1C(=O)C2(CC2)NC1c1ccccc1C. The standard InChI is InChI=1S/C16H22N2OS/c1-11-6-4-5-7-13(11)14-17-16(8-9-16)15(19)18(14)10-12(2)20-3/h4-7,12,14,17H,8-10H2,1-3H3. The number of rotatable bonds is 4. The van der Waals surface area contributed by atoms with E-state index in [2.05, 4.69) is 54.6 Å². The number of amides is 1. The highest BCUT2D eigenvalue weighted by Crippen LogP contribution is 2.46. The third kappa shape index (κ3) is 2.25. The maximum Gasteiger partial charge on any atom is 0.244 e. The summed E-state index contributed by atoms with van der Waals surface area (Å²) in [6.07, 6.45) is 4.12. The second kappa shape index (κ2) is 5.08. The molecule has 0 bridgehead atoms. The summed E-state index contributed by atoms with van der Waals surface area (Å²) in [5.41, 5.74) is 2.24. The van der Waals surface area contributed by atoms with Gasteiger partial charge in [-0.25, -0.2) is 0 Å². The van der Waals surface area contributed by atoms with Crippen molar-refractivity contribution in [2.75, 3.05) is 12.8 Å². The predicted octanol–water partition coefficient (Wildman–Crippen LogP) is 2.71. The van der Waals surface area contributed by atoms with Crippen LogP contribution >= 0.6 is 11.8 Å². The van der Waals surface area contributed by atoms with Crippen molar-refractivity contribution in [2.45, 2.75) is 43.6 Å². The van der Waals surface area contributed by atoms with Gasteiger partial charge in [-0.3, -0.25) is 10.1 Å². The lowest BCUT2D eigenvalue weighted by Crippen LogP contribution is -2.36. The summed E-state index contributed by atoms with van der Waals surface area (Å²) in [5, 5.41) is 4.05. The van der Waals surface area contributed by atoms with Gasteiger partial charge in [0.25, 0.3) is 0 Å². The van der Waals surface area contributed by atoms with Crippen LogP contribution in [0.3, 0.4) is 0 Å². The molecule has 1 N–H and O–H groups in total. The molecule has 0 aromatic heterocycles. The van der Waals surface area contributed by atoms with E-state index in [1.807, 2.05) is 11.8 Å². The first-order valence-corrected chi connectivity index (χ1v) is 8.53. The van der Waals surface area contributed by atoms with Crippen LogP contribution in [-0.4, -0.2) is 34.4 Å². The molecule has 2 unspecified atom stereocenters. The molecule has 1 saturated carbocycles. The van der Waals surface area contributed by atoms with Gasteiger partial charge in [-0.15, -0.1) is 0 Å². The molecule has 3 nitrogen and oxygen atoms in total. The molecule has 2 fully saturated rings. The van der Waals surface area contributed by atoms with Crippen LogP contribution < -0.4 is 5.32 Å². The normalized spacial score (nSPS) is 25.2. The van der Waals surface area contributed by atoms with Crippen molar-refractivity contribution in [3.8, 4) is 0 Å². The van der Waals surface area contributed by atoms with Crippen molar-refractivity contribution < 1.29 is 4.79 Å². The number of hydrogen-bond acceptors (Lipinski definition) is 3. The third-order valence-electron chi connectivity index (χ3n) is 4.48. The van der Waals surface area contributed by atoms with E-state index in [-0.39, 0.29) is 11.7 Å². The number of hydrogen-bond donors (Lipinski definition) is 1. The Labute approximate surface area is 125 Å². The first-order chi connectivity index (χ1) is 9.57. The van der Waals surface area contributed by atoms with Gasteiger partial charge < -0.3 is 4.90 Å². The molecular formula is C16H22N2OS. The Morgan fingerprint density at radius 3 is 2.75 bits per heavy atom. The Bertz CT molecular complexity index is 527. The second-order valence-corrected chi connectivity index (χ2v) is 7.27. The third-order valence-corrected chi connectivity index (χ3v) is 5.44. The van der Waals surface area contributed by atoms with Crippen molar-refractivity contribution in [3.63, 3.8) is 0 Å². The molecular weight excluding hydrogens is 268 g/mol. The van der Waals surface area contributed by atoms with Gasteiger partial charge in [0.2, 0.25) is 5.91 Å². The van der Waals surface area contributed by atoms with E-state index in [0.717, 1.165) is 19.4 Å². The summed E-state index contributed by atoms with van der Waals surface area (Å²) in [4.78, 5) is 14.7. The van der Waals surface area contributed by atoms with Crippen LogP contribution in [0.1, 0.15) is 37.1 Å². The van der Waals surface area contributed by atoms with Crippen LogP contribution in [0.4, 0.5) is 0 Å².